The van der Waals surface area contributed by atoms with Gasteiger partial charge < -0.3 is 14.5 Å². The molecule has 0 bridgehead atoms. The zero-order valence-electron chi connectivity index (χ0n) is 14.9. The third-order valence-corrected chi connectivity index (χ3v) is 4.74. The number of methoxy groups -OCH3 is 1. The maximum Gasteiger partial charge on any atom is 0.307 e. The van der Waals surface area contributed by atoms with Crippen LogP contribution in [0.3, 0.4) is 0 Å². The van der Waals surface area contributed by atoms with Crippen molar-refractivity contribution >= 4 is 17.6 Å². The van der Waals surface area contributed by atoms with Crippen LogP contribution >= 0.6 is 0 Å². The van der Waals surface area contributed by atoms with Crippen molar-refractivity contribution in [2.75, 3.05) is 38.7 Å². The van der Waals surface area contributed by atoms with Gasteiger partial charge in [-0.05, 0) is 43.0 Å². The summed E-state index contributed by atoms with van der Waals surface area (Å²) in [4.78, 5) is 27.3. The molecule has 1 heterocycles. The molecule has 1 amide bonds. The first kappa shape index (κ1) is 18.8. The molecular weight excluding hydrogens is 318 g/mol. The lowest BCUT2D eigenvalue weighted by molar-refractivity contribution is -0.141. The predicted molar refractivity (Wildman–Crippen MR) is 95.0 cm³/mol. The van der Waals surface area contributed by atoms with Crippen molar-refractivity contribution in [3.05, 3.63) is 29.8 Å². The van der Waals surface area contributed by atoms with Gasteiger partial charge >= 0.3 is 5.97 Å². The van der Waals surface area contributed by atoms with Crippen molar-refractivity contribution in [2.24, 2.45) is 5.92 Å². The molecule has 1 saturated heterocycles. The van der Waals surface area contributed by atoms with Crippen molar-refractivity contribution in [1.82, 2.24) is 4.90 Å². The highest BCUT2D eigenvalue weighted by molar-refractivity contribution is 5.77. The Hall–Kier alpha value is -2.55. The van der Waals surface area contributed by atoms with Crippen LogP contribution in [-0.4, -0.2) is 50.6 Å². The lowest BCUT2D eigenvalue weighted by Gasteiger charge is -2.34. The van der Waals surface area contributed by atoms with Gasteiger partial charge in [0, 0.05) is 38.8 Å². The van der Waals surface area contributed by atoms with Crippen LogP contribution in [0, 0.1) is 17.2 Å². The number of carbonyl (C=O) groups excluding carboxylic acids is 2. The van der Waals surface area contributed by atoms with Crippen LogP contribution in [0.15, 0.2) is 24.3 Å². The van der Waals surface area contributed by atoms with E-state index in [0.29, 0.717) is 24.4 Å². The van der Waals surface area contributed by atoms with E-state index < -0.39 is 0 Å². The minimum Gasteiger partial charge on any atom is -0.469 e. The van der Waals surface area contributed by atoms with E-state index >= 15 is 0 Å². The molecule has 0 spiro atoms. The van der Waals surface area contributed by atoms with Crippen LogP contribution < -0.4 is 4.90 Å². The van der Waals surface area contributed by atoms with Crippen LogP contribution in [-0.2, 0) is 14.3 Å². The average Bonchev–Trinajstić information content (AvgIpc) is 2.66. The maximum absolute atomic E-state index is 12.3. The molecule has 134 valence electrons. The number of carbonyl (C=O) groups is 2. The molecule has 0 aromatic heterocycles. The Kier molecular flexibility index (Phi) is 6.81. The Labute approximate surface area is 149 Å². The Bertz CT molecular complexity index is 628. The number of hydrogen-bond acceptors (Lipinski definition) is 5. The fourth-order valence-corrected chi connectivity index (χ4v) is 3.03. The first-order chi connectivity index (χ1) is 12.0. The van der Waals surface area contributed by atoms with Gasteiger partial charge in [0.25, 0.3) is 0 Å². The molecule has 0 aliphatic carbocycles. The highest BCUT2D eigenvalue weighted by Gasteiger charge is 2.23. The number of piperidine rings is 1. The van der Waals surface area contributed by atoms with Gasteiger partial charge in [0.2, 0.25) is 5.91 Å². The van der Waals surface area contributed by atoms with Crippen LogP contribution in [0.4, 0.5) is 5.69 Å². The molecule has 0 radical (unpaired) electrons. The molecule has 2 rings (SSSR count). The molecule has 6 nitrogen and oxygen atoms in total. The molecule has 1 aliphatic rings. The lowest BCUT2D eigenvalue weighted by atomic mass is 9.92. The van der Waals surface area contributed by atoms with E-state index in [1.165, 1.54) is 7.11 Å². The highest BCUT2D eigenvalue weighted by Crippen LogP contribution is 2.25. The molecule has 0 N–H and O–H groups in total. The normalized spacial score (nSPS) is 14.7. The number of rotatable bonds is 6. The molecule has 1 aromatic rings. The van der Waals surface area contributed by atoms with Crippen LogP contribution in [0.2, 0.25) is 0 Å². The van der Waals surface area contributed by atoms with Crippen molar-refractivity contribution in [3.63, 3.8) is 0 Å². The van der Waals surface area contributed by atoms with E-state index in [2.05, 4.69) is 15.7 Å². The van der Waals surface area contributed by atoms with Gasteiger partial charge in [-0.1, -0.05) is 0 Å². The topological polar surface area (TPSA) is 73.6 Å². The fourth-order valence-electron chi connectivity index (χ4n) is 3.03. The summed E-state index contributed by atoms with van der Waals surface area (Å²) >= 11 is 0. The number of nitriles is 1. The SMILES string of the molecule is COC(=O)CCN(C)C(=O)CC1CCN(c2ccc(C#N)cc2)CC1. The van der Waals surface area contributed by atoms with Gasteiger partial charge in [-0.2, -0.15) is 5.26 Å². The molecular formula is C19H25N3O3. The fraction of sp³-hybridized carbons (Fsp3) is 0.526. The summed E-state index contributed by atoms with van der Waals surface area (Å²) in [6, 6.07) is 9.75. The van der Waals surface area contributed by atoms with Gasteiger partial charge in [-0.25, -0.2) is 0 Å². The largest absolute Gasteiger partial charge is 0.469 e. The van der Waals surface area contributed by atoms with Gasteiger partial charge in [-0.15, -0.1) is 0 Å². The smallest absolute Gasteiger partial charge is 0.307 e. The Morgan fingerprint density at radius 3 is 2.48 bits per heavy atom. The third kappa shape index (κ3) is 5.49. The minimum absolute atomic E-state index is 0.0840. The summed E-state index contributed by atoms with van der Waals surface area (Å²) in [5.74, 6) is 0.166. The van der Waals surface area contributed by atoms with E-state index in [-0.39, 0.29) is 18.3 Å². The third-order valence-electron chi connectivity index (χ3n) is 4.74. The number of benzene rings is 1. The first-order valence-electron chi connectivity index (χ1n) is 8.59. The second kappa shape index (κ2) is 9.07. The zero-order chi connectivity index (χ0) is 18.2. The molecule has 1 aromatic carbocycles. The number of anilines is 1. The van der Waals surface area contributed by atoms with Crippen LogP contribution in [0.5, 0.6) is 0 Å². The number of hydrogen-bond donors (Lipinski definition) is 0. The van der Waals surface area contributed by atoms with Gasteiger partial charge in [0.05, 0.1) is 25.2 Å². The molecule has 6 heteroatoms. The predicted octanol–water partition coefficient (Wildman–Crippen LogP) is 2.19. The summed E-state index contributed by atoms with van der Waals surface area (Å²) in [6.07, 6.45) is 2.70. The molecule has 0 unspecified atom stereocenters. The summed E-state index contributed by atoms with van der Waals surface area (Å²) < 4.78 is 4.60. The van der Waals surface area contributed by atoms with Crippen LogP contribution in [0.25, 0.3) is 0 Å². The van der Waals surface area contributed by atoms with E-state index in [4.69, 9.17) is 5.26 Å². The molecule has 1 aliphatic heterocycles. The molecule has 0 saturated carbocycles. The van der Waals surface area contributed by atoms with E-state index in [1.54, 1.807) is 11.9 Å². The summed E-state index contributed by atoms with van der Waals surface area (Å²) in [5.41, 5.74) is 1.79. The number of amides is 1. The molecule has 1 fully saturated rings. The second-order valence-corrected chi connectivity index (χ2v) is 6.43. The van der Waals surface area contributed by atoms with Crippen molar-refractivity contribution < 1.29 is 14.3 Å². The molecule has 25 heavy (non-hydrogen) atoms. The minimum atomic E-state index is -0.296. The van der Waals surface area contributed by atoms with Gasteiger partial charge in [-0.3, -0.25) is 9.59 Å². The second-order valence-electron chi connectivity index (χ2n) is 6.43. The lowest BCUT2D eigenvalue weighted by Crippen LogP contribution is -2.36. The van der Waals surface area contributed by atoms with Crippen molar-refractivity contribution in [1.29, 1.82) is 5.26 Å². The number of ether oxygens (including phenoxy) is 1. The Balaban J connectivity index is 1.76. The van der Waals surface area contributed by atoms with Crippen molar-refractivity contribution in [2.45, 2.75) is 25.7 Å². The maximum atomic E-state index is 12.3. The van der Waals surface area contributed by atoms with E-state index in [9.17, 15) is 9.59 Å². The number of esters is 1. The standard InChI is InChI=1S/C19H25N3O3/c1-21(10-9-19(24)25-2)18(23)13-15-7-11-22(12-8-15)17-5-3-16(14-20)4-6-17/h3-6,15H,7-13H2,1-2H3. The number of nitrogens with zero attached hydrogens (tertiary/aromatic N) is 3. The monoisotopic (exact) mass is 343 g/mol. The quantitative estimate of drug-likeness (QED) is 0.740. The summed E-state index contributed by atoms with van der Waals surface area (Å²) in [6.45, 7) is 2.22. The Morgan fingerprint density at radius 2 is 1.92 bits per heavy atom. The van der Waals surface area contributed by atoms with Crippen LogP contribution in [0.1, 0.15) is 31.2 Å². The van der Waals surface area contributed by atoms with E-state index in [1.807, 2.05) is 24.3 Å². The van der Waals surface area contributed by atoms with Gasteiger partial charge in [0.15, 0.2) is 0 Å². The highest BCUT2D eigenvalue weighted by atomic mass is 16.5. The van der Waals surface area contributed by atoms with Gasteiger partial charge in [0.1, 0.15) is 0 Å². The molecule has 0 atom stereocenters. The average molecular weight is 343 g/mol. The van der Waals surface area contributed by atoms with Crippen molar-refractivity contribution in [3.8, 4) is 6.07 Å². The van der Waals surface area contributed by atoms with E-state index in [0.717, 1.165) is 31.6 Å². The first-order valence-corrected chi connectivity index (χ1v) is 8.59. The Morgan fingerprint density at radius 1 is 1.28 bits per heavy atom. The summed E-state index contributed by atoms with van der Waals surface area (Å²) in [5, 5.41) is 8.86. The summed E-state index contributed by atoms with van der Waals surface area (Å²) in [7, 11) is 3.09. The zero-order valence-corrected chi connectivity index (χ0v) is 14.9.